The van der Waals surface area contributed by atoms with E-state index in [2.05, 4.69) is 41.4 Å². The van der Waals surface area contributed by atoms with Gasteiger partial charge in [0.2, 0.25) is 0 Å². The van der Waals surface area contributed by atoms with Gasteiger partial charge in [-0.25, -0.2) is 9.97 Å². The van der Waals surface area contributed by atoms with Crippen LogP contribution < -0.4 is 10.6 Å². The Morgan fingerprint density at radius 3 is 2.57 bits per heavy atom. The van der Waals surface area contributed by atoms with Crippen molar-refractivity contribution in [3.63, 3.8) is 0 Å². The smallest absolute Gasteiger partial charge is 0.132 e. The normalized spacial score (nSPS) is 22.0. The maximum absolute atomic E-state index is 4.57. The molecule has 2 rings (SSSR count). The van der Waals surface area contributed by atoms with Crippen molar-refractivity contribution in [2.45, 2.75) is 59.3 Å². The van der Waals surface area contributed by atoms with Crippen LogP contribution in [0, 0.1) is 11.8 Å². The summed E-state index contributed by atoms with van der Waals surface area (Å²) < 4.78 is 0. The van der Waals surface area contributed by atoms with Gasteiger partial charge in [-0.05, 0) is 31.6 Å². The third-order valence-electron chi connectivity index (χ3n) is 4.35. The monoisotopic (exact) mass is 290 g/mol. The van der Waals surface area contributed by atoms with E-state index < -0.39 is 0 Å². The molecule has 0 amide bonds. The van der Waals surface area contributed by atoms with Gasteiger partial charge in [-0.2, -0.15) is 0 Å². The van der Waals surface area contributed by atoms with E-state index in [1.54, 1.807) is 0 Å². The Morgan fingerprint density at radius 1 is 1.14 bits per heavy atom. The van der Waals surface area contributed by atoms with Crippen molar-refractivity contribution in [1.82, 2.24) is 9.97 Å². The van der Waals surface area contributed by atoms with Crippen molar-refractivity contribution >= 4 is 11.6 Å². The fraction of sp³-hybridized carbons (Fsp3) is 0.765. The van der Waals surface area contributed by atoms with Gasteiger partial charge in [-0.15, -0.1) is 0 Å². The van der Waals surface area contributed by atoms with Crippen LogP contribution in [0.5, 0.6) is 0 Å². The molecule has 118 valence electrons. The standard InChI is InChI=1S/C17H30N4/c1-4-15-20-16(18-5-2)12-17(21-15)19-10-9-14-8-6-7-13(3)11-14/h12-14H,4-11H2,1-3H3,(H2,18,19,20,21). The summed E-state index contributed by atoms with van der Waals surface area (Å²) in [4.78, 5) is 9.06. The van der Waals surface area contributed by atoms with E-state index in [4.69, 9.17) is 0 Å². The van der Waals surface area contributed by atoms with Crippen LogP contribution in [-0.4, -0.2) is 23.1 Å². The zero-order valence-electron chi connectivity index (χ0n) is 13.8. The summed E-state index contributed by atoms with van der Waals surface area (Å²) in [6, 6.07) is 2.02. The van der Waals surface area contributed by atoms with E-state index in [9.17, 15) is 0 Å². The predicted molar refractivity (Wildman–Crippen MR) is 89.8 cm³/mol. The Balaban J connectivity index is 1.85. The van der Waals surface area contributed by atoms with Crippen LogP contribution in [0.1, 0.15) is 58.7 Å². The molecular weight excluding hydrogens is 260 g/mol. The highest BCUT2D eigenvalue weighted by molar-refractivity contribution is 5.47. The number of hydrogen-bond donors (Lipinski definition) is 2. The molecule has 1 aromatic rings. The fourth-order valence-corrected chi connectivity index (χ4v) is 3.24. The lowest BCUT2D eigenvalue weighted by atomic mass is 9.81. The molecule has 21 heavy (non-hydrogen) atoms. The molecule has 0 aromatic carbocycles. The van der Waals surface area contributed by atoms with Gasteiger partial charge in [-0.3, -0.25) is 0 Å². The van der Waals surface area contributed by atoms with Crippen molar-refractivity contribution in [1.29, 1.82) is 0 Å². The Morgan fingerprint density at radius 2 is 1.90 bits per heavy atom. The Bertz CT molecular complexity index is 433. The first-order chi connectivity index (χ1) is 10.2. The molecule has 1 aromatic heterocycles. The van der Waals surface area contributed by atoms with Crippen molar-refractivity contribution in [2.24, 2.45) is 11.8 Å². The van der Waals surface area contributed by atoms with E-state index >= 15 is 0 Å². The van der Waals surface area contributed by atoms with Gasteiger partial charge in [0.05, 0.1) is 0 Å². The maximum Gasteiger partial charge on any atom is 0.132 e. The molecule has 0 saturated heterocycles. The van der Waals surface area contributed by atoms with Gasteiger partial charge in [0.15, 0.2) is 0 Å². The largest absolute Gasteiger partial charge is 0.370 e. The van der Waals surface area contributed by atoms with Gasteiger partial charge in [0, 0.05) is 25.6 Å². The summed E-state index contributed by atoms with van der Waals surface area (Å²) in [7, 11) is 0. The molecule has 2 atom stereocenters. The minimum atomic E-state index is 0.869. The molecule has 1 aliphatic carbocycles. The molecule has 2 unspecified atom stereocenters. The lowest BCUT2D eigenvalue weighted by molar-refractivity contribution is 0.274. The third-order valence-corrected chi connectivity index (χ3v) is 4.35. The molecule has 0 bridgehead atoms. The molecule has 4 nitrogen and oxygen atoms in total. The van der Waals surface area contributed by atoms with Crippen LogP contribution in [0.4, 0.5) is 11.6 Å². The molecule has 2 N–H and O–H groups in total. The molecule has 0 spiro atoms. The number of aryl methyl sites for hydroxylation is 1. The summed E-state index contributed by atoms with van der Waals surface area (Å²) in [5.74, 6) is 4.60. The van der Waals surface area contributed by atoms with Crippen LogP contribution in [0.25, 0.3) is 0 Å². The second-order valence-electron chi connectivity index (χ2n) is 6.29. The lowest BCUT2D eigenvalue weighted by Gasteiger charge is -2.26. The molecule has 1 fully saturated rings. The topological polar surface area (TPSA) is 49.8 Å². The van der Waals surface area contributed by atoms with Crippen LogP contribution >= 0.6 is 0 Å². The lowest BCUT2D eigenvalue weighted by Crippen LogP contribution is -2.17. The highest BCUT2D eigenvalue weighted by atomic mass is 15.1. The summed E-state index contributed by atoms with van der Waals surface area (Å²) in [5, 5.41) is 6.77. The first-order valence-electron chi connectivity index (χ1n) is 8.57. The van der Waals surface area contributed by atoms with Crippen molar-refractivity contribution < 1.29 is 0 Å². The Kier molecular flexibility index (Phi) is 6.27. The number of rotatable bonds is 7. The van der Waals surface area contributed by atoms with Crippen LogP contribution in [0.2, 0.25) is 0 Å². The molecule has 0 radical (unpaired) electrons. The number of aromatic nitrogens is 2. The second kappa shape index (κ2) is 8.20. The number of nitrogens with one attached hydrogen (secondary N) is 2. The van der Waals surface area contributed by atoms with Crippen molar-refractivity contribution in [3.8, 4) is 0 Å². The van der Waals surface area contributed by atoms with E-state index in [1.807, 2.05) is 6.07 Å². The van der Waals surface area contributed by atoms with E-state index in [0.29, 0.717) is 0 Å². The Labute approximate surface area is 129 Å². The van der Waals surface area contributed by atoms with Crippen molar-refractivity contribution in [2.75, 3.05) is 23.7 Å². The Hall–Kier alpha value is -1.32. The van der Waals surface area contributed by atoms with Crippen LogP contribution in [0.3, 0.4) is 0 Å². The fourth-order valence-electron chi connectivity index (χ4n) is 3.24. The molecule has 0 aliphatic heterocycles. The van der Waals surface area contributed by atoms with Gasteiger partial charge >= 0.3 is 0 Å². The third kappa shape index (κ3) is 5.18. The summed E-state index contributed by atoms with van der Waals surface area (Å²) in [6.45, 7) is 8.48. The van der Waals surface area contributed by atoms with Gasteiger partial charge in [-0.1, -0.05) is 33.1 Å². The predicted octanol–water partition coefficient (Wildman–Crippen LogP) is 4.10. The number of hydrogen-bond acceptors (Lipinski definition) is 4. The van der Waals surface area contributed by atoms with Gasteiger partial charge in [0.25, 0.3) is 0 Å². The van der Waals surface area contributed by atoms with Gasteiger partial charge < -0.3 is 10.6 Å². The highest BCUT2D eigenvalue weighted by Crippen LogP contribution is 2.30. The zero-order valence-corrected chi connectivity index (χ0v) is 13.8. The van der Waals surface area contributed by atoms with Crippen molar-refractivity contribution in [3.05, 3.63) is 11.9 Å². The maximum atomic E-state index is 4.57. The van der Waals surface area contributed by atoms with Crippen LogP contribution in [-0.2, 0) is 6.42 Å². The quantitative estimate of drug-likeness (QED) is 0.794. The van der Waals surface area contributed by atoms with E-state index in [1.165, 1.54) is 32.1 Å². The molecule has 4 heteroatoms. The molecular formula is C17H30N4. The van der Waals surface area contributed by atoms with E-state index in [-0.39, 0.29) is 0 Å². The summed E-state index contributed by atoms with van der Waals surface area (Å²) >= 11 is 0. The average Bonchev–Trinajstić information content (AvgIpc) is 2.47. The summed E-state index contributed by atoms with van der Waals surface area (Å²) in [6.07, 6.45) is 7.75. The highest BCUT2D eigenvalue weighted by Gasteiger charge is 2.18. The van der Waals surface area contributed by atoms with E-state index in [0.717, 1.165) is 48.8 Å². The number of anilines is 2. The van der Waals surface area contributed by atoms with Crippen LogP contribution in [0.15, 0.2) is 6.07 Å². The summed E-state index contributed by atoms with van der Waals surface area (Å²) in [5.41, 5.74) is 0. The molecule has 1 aliphatic rings. The zero-order chi connectivity index (χ0) is 15.1. The average molecular weight is 290 g/mol. The first-order valence-corrected chi connectivity index (χ1v) is 8.57. The molecule has 1 heterocycles. The minimum absolute atomic E-state index is 0.869. The van der Waals surface area contributed by atoms with Gasteiger partial charge in [0.1, 0.15) is 17.5 Å². The first kappa shape index (κ1) is 16.1. The number of nitrogens with zero attached hydrogens (tertiary/aromatic N) is 2. The molecule has 1 saturated carbocycles. The minimum Gasteiger partial charge on any atom is -0.370 e. The SMILES string of the molecule is CCNc1cc(NCCC2CCCC(C)C2)nc(CC)n1. The second-order valence-corrected chi connectivity index (χ2v) is 6.29.